The Kier molecular flexibility index (Phi) is 5.50. The van der Waals surface area contributed by atoms with Gasteiger partial charge in [-0.2, -0.15) is 0 Å². The zero-order chi connectivity index (χ0) is 13.7. The fraction of sp³-hybridized carbons (Fsp3) is 0.333. The number of halogens is 1. The highest BCUT2D eigenvalue weighted by molar-refractivity contribution is 7.80. The van der Waals surface area contributed by atoms with Crippen LogP contribution < -0.4 is 5.32 Å². The second-order valence-electron chi connectivity index (χ2n) is 3.81. The van der Waals surface area contributed by atoms with Crippen LogP contribution in [-0.4, -0.2) is 37.4 Å². The van der Waals surface area contributed by atoms with Crippen LogP contribution in [0.4, 0.5) is 0 Å². The topological polar surface area (TPSA) is 49.4 Å². The number of thiol groups is 1. The number of carbonyl (C=O) groups excluding carboxylic acids is 2. The number of hydrogen-bond acceptors (Lipinski definition) is 3. The molecule has 0 aliphatic carbocycles. The number of nitrogens with zero attached hydrogens (tertiary/aromatic N) is 1. The van der Waals surface area contributed by atoms with Crippen LogP contribution in [0.15, 0.2) is 23.1 Å². The average molecular weight is 287 g/mol. The van der Waals surface area contributed by atoms with Gasteiger partial charge in [0.15, 0.2) is 0 Å². The zero-order valence-corrected chi connectivity index (χ0v) is 11.9. The summed E-state index contributed by atoms with van der Waals surface area (Å²) >= 11 is 10.1. The van der Waals surface area contributed by atoms with Crippen LogP contribution in [-0.2, 0) is 4.79 Å². The van der Waals surface area contributed by atoms with Gasteiger partial charge in [0.2, 0.25) is 5.91 Å². The Hall–Kier alpha value is -1.20. The van der Waals surface area contributed by atoms with Crippen molar-refractivity contribution in [3.8, 4) is 0 Å². The largest absolute Gasteiger partial charge is 0.359 e. The molecule has 0 saturated heterocycles. The second kappa shape index (κ2) is 6.66. The van der Waals surface area contributed by atoms with Crippen LogP contribution in [0.2, 0.25) is 5.02 Å². The van der Waals surface area contributed by atoms with Gasteiger partial charge in [-0.05, 0) is 18.2 Å². The number of rotatable bonds is 4. The van der Waals surface area contributed by atoms with E-state index in [1.54, 1.807) is 32.3 Å². The van der Waals surface area contributed by atoms with Crippen molar-refractivity contribution in [2.24, 2.45) is 0 Å². The lowest BCUT2D eigenvalue weighted by Gasteiger charge is -2.17. The Bertz CT molecular complexity index is 465. The molecule has 0 heterocycles. The zero-order valence-electron chi connectivity index (χ0n) is 10.2. The van der Waals surface area contributed by atoms with Gasteiger partial charge < -0.3 is 10.2 Å². The maximum Gasteiger partial charge on any atom is 0.255 e. The highest BCUT2D eigenvalue weighted by Gasteiger charge is 2.15. The minimum absolute atomic E-state index is 0.108. The molecule has 0 saturated carbocycles. The van der Waals surface area contributed by atoms with Crippen molar-refractivity contribution < 1.29 is 9.59 Å². The van der Waals surface area contributed by atoms with E-state index in [0.29, 0.717) is 22.0 Å². The minimum Gasteiger partial charge on any atom is -0.359 e. The third-order valence-corrected chi connectivity index (χ3v) is 3.09. The van der Waals surface area contributed by atoms with Gasteiger partial charge in [0.05, 0.1) is 10.6 Å². The van der Waals surface area contributed by atoms with Crippen molar-refractivity contribution in [2.45, 2.75) is 11.3 Å². The SMILES string of the molecule is CNC(=O)CCN(C)C(=O)c1cc(S)ccc1Cl. The van der Waals surface area contributed by atoms with Crippen LogP contribution in [0.1, 0.15) is 16.8 Å². The van der Waals surface area contributed by atoms with Crippen LogP contribution in [0.5, 0.6) is 0 Å². The van der Waals surface area contributed by atoms with Crippen molar-refractivity contribution in [1.82, 2.24) is 10.2 Å². The van der Waals surface area contributed by atoms with E-state index < -0.39 is 0 Å². The number of nitrogens with one attached hydrogen (secondary N) is 1. The Morgan fingerprint density at radius 2 is 2.11 bits per heavy atom. The fourth-order valence-electron chi connectivity index (χ4n) is 1.38. The first kappa shape index (κ1) is 14.9. The quantitative estimate of drug-likeness (QED) is 0.830. The molecule has 0 atom stereocenters. The highest BCUT2D eigenvalue weighted by Crippen LogP contribution is 2.20. The summed E-state index contributed by atoms with van der Waals surface area (Å²) in [5, 5.41) is 2.88. The lowest BCUT2D eigenvalue weighted by Crippen LogP contribution is -2.31. The molecular weight excluding hydrogens is 272 g/mol. The number of hydrogen-bond donors (Lipinski definition) is 2. The summed E-state index contributed by atoms with van der Waals surface area (Å²) in [5.41, 5.74) is 0.392. The maximum atomic E-state index is 12.1. The molecule has 0 bridgehead atoms. The van der Waals surface area contributed by atoms with Gasteiger partial charge in [0, 0.05) is 32.0 Å². The molecule has 98 valence electrons. The number of carbonyl (C=O) groups is 2. The van der Waals surface area contributed by atoms with Crippen molar-refractivity contribution >= 4 is 36.0 Å². The Labute approximate surface area is 117 Å². The average Bonchev–Trinajstić information content (AvgIpc) is 2.37. The van der Waals surface area contributed by atoms with Gasteiger partial charge in [0.1, 0.15) is 0 Å². The summed E-state index contributed by atoms with van der Waals surface area (Å²) in [7, 11) is 3.19. The Morgan fingerprint density at radius 1 is 1.44 bits per heavy atom. The monoisotopic (exact) mass is 286 g/mol. The fourth-order valence-corrected chi connectivity index (χ4v) is 1.78. The molecule has 0 spiro atoms. The predicted molar refractivity (Wildman–Crippen MR) is 74.3 cm³/mol. The van der Waals surface area contributed by atoms with Gasteiger partial charge in [-0.1, -0.05) is 11.6 Å². The molecule has 18 heavy (non-hydrogen) atoms. The predicted octanol–water partition coefficient (Wildman–Crippen LogP) is 1.84. The molecule has 2 amide bonds. The van der Waals surface area contributed by atoms with E-state index in [0.717, 1.165) is 0 Å². The number of benzene rings is 1. The molecule has 0 fully saturated rings. The van der Waals surface area contributed by atoms with E-state index in [1.807, 2.05) is 0 Å². The third kappa shape index (κ3) is 3.92. The normalized spacial score (nSPS) is 10.0. The van der Waals surface area contributed by atoms with Gasteiger partial charge in [-0.15, -0.1) is 12.6 Å². The van der Waals surface area contributed by atoms with E-state index in [1.165, 1.54) is 4.90 Å². The third-order valence-electron chi connectivity index (χ3n) is 2.48. The highest BCUT2D eigenvalue weighted by atomic mass is 35.5. The van der Waals surface area contributed by atoms with Gasteiger partial charge in [-0.25, -0.2) is 0 Å². The van der Waals surface area contributed by atoms with Gasteiger partial charge in [-0.3, -0.25) is 9.59 Å². The molecule has 0 radical (unpaired) electrons. The molecule has 0 unspecified atom stereocenters. The smallest absolute Gasteiger partial charge is 0.255 e. The van der Waals surface area contributed by atoms with E-state index in [9.17, 15) is 9.59 Å². The maximum absolute atomic E-state index is 12.1. The van der Waals surface area contributed by atoms with Crippen LogP contribution >= 0.6 is 24.2 Å². The molecular formula is C12H15ClN2O2S. The van der Waals surface area contributed by atoms with E-state index >= 15 is 0 Å². The van der Waals surface area contributed by atoms with E-state index in [4.69, 9.17) is 11.6 Å². The summed E-state index contributed by atoms with van der Waals surface area (Å²) < 4.78 is 0. The van der Waals surface area contributed by atoms with Crippen molar-refractivity contribution in [1.29, 1.82) is 0 Å². The standard InChI is InChI=1S/C12H15ClN2O2S/c1-14-11(16)5-6-15(2)12(17)9-7-8(18)3-4-10(9)13/h3-4,7,18H,5-6H2,1-2H3,(H,14,16). The molecule has 1 aromatic carbocycles. The van der Waals surface area contributed by atoms with Crippen molar-refractivity contribution in [3.05, 3.63) is 28.8 Å². The molecule has 0 aliphatic heterocycles. The Balaban J connectivity index is 2.74. The summed E-state index contributed by atoms with van der Waals surface area (Å²) in [6.07, 6.45) is 0.261. The van der Waals surface area contributed by atoms with Gasteiger partial charge >= 0.3 is 0 Å². The van der Waals surface area contributed by atoms with Crippen LogP contribution in [0.25, 0.3) is 0 Å². The summed E-state index contributed by atoms with van der Waals surface area (Å²) in [5.74, 6) is -0.330. The van der Waals surface area contributed by atoms with Gasteiger partial charge in [0.25, 0.3) is 5.91 Å². The Morgan fingerprint density at radius 3 is 2.72 bits per heavy atom. The molecule has 6 heteroatoms. The first-order valence-corrected chi connectivity index (χ1v) is 6.22. The van der Waals surface area contributed by atoms with Crippen LogP contribution in [0, 0.1) is 0 Å². The molecule has 0 aromatic heterocycles. The molecule has 1 aromatic rings. The second-order valence-corrected chi connectivity index (χ2v) is 4.74. The lowest BCUT2D eigenvalue weighted by molar-refractivity contribution is -0.120. The first-order valence-electron chi connectivity index (χ1n) is 5.40. The van der Waals surface area contributed by atoms with Crippen molar-refractivity contribution in [3.63, 3.8) is 0 Å². The summed E-state index contributed by atoms with van der Waals surface area (Å²) in [4.78, 5) is 25.3. The van der Waals surface area contributed by atoms with Crippen LogP contribution in [0.3, 0.4) is 0 Å². The molecule has 4 nitrogen and oxygen atoms in total. The first-order chi connectivity index (χ1) is 8.45. The lowest BCUT2D eigenvalue weighted by atomic mass is 10.2. The molecule has 1 N–H and O–H groups in total. The molecule has 1 rings (SSSR count). The summed E-state index contributed by atoms with van der Waals surface area (Å²) in [6.45, 7) is 0.339. The minimum atomic E-state index is -0.222. The number of amides is 2. The summed E-state index contributed by atoms with van der Waals surface area (Å²) in [6, 6.07) is 4.96. The van der Waals surface area contributed by atoms with E-state index in [-0.39, 0.29) is 18.2 Å². The van der Waals surface area contributed by atoms with Crippen molar-refractivity contribution in [2.75, 3.05) is 20.6 Å². The van der Waals surface area contributed by atoms with E-state index in [2.05, 4.69) is 17.9 Å². The molecule has 0 aliphatic rings.